The molecule has 34 heavy (non-hydrogen) atoms. The summed E-state index contributed by atoms with van der Waals surface area (Å²) >= 11 is 1.53. The zero-order chi connectivity index (χ0) is 24.1. The average Bonchev–Trinajstić information content (AvgIpc) is 3.58. The SMILES string of the molecule is COc1ccc(OCc2nc(-c3cc(C(=O)NCC(C)C)c(C)n3Cc3ccco3)cs2)cc1. The third-order valence-electron chi connectivity index (χ3n) is 5.41. The summed E-state index contributed by atoms with van der Waals surface area (Å²) in [6.45, 7) is 7.60. The van der Waals surface area contributed by atoms with Gasteiger partial charge in [0.2, 0.25) is 0 Å². The molecule has 0 atom stereocenters. The summed E-state index contributed by atoms with van der Waals surface area (Å²) in [5.41, 5.74) is 3.19. The largest absolute Gasteiger partial charge is 0.497 e. The lowest BCUT2D eigenvalue weighted by Gasteiger charge is -2.10. The van der Waals surface area contributed by atoms with E-state index in [1.165, 1.54) is 11.3 Å². The van der Waals surface area contributed by atoms with Crippen molar-refractivity contribution >= 4 is 17.2 Å². The molecule has 0 spiro atoms. The minimum absolute atomic E-state index is 0.0797. The summed E-state index contributed by atoms with van der Waals surface area (Å²) in [4.78, 5) is 17.7. The van der Waals surface area contributed by atoms with Crippen molar-refractivity contribution in [2.45, 2.75) is 33.9 Å². The lowest BCUT2D eigenvalue weighted by molar-refractivity contribution is 0.0948. The second-order valence-electron chi connectivity index (χ2n) is 8.39. The van der Waals surface area contributed by atoms with Crippen LogP contribution < -0.4 is 14.8 Å². The first-order chi connectivity index (χ1) is 16.4. The zero-order valence-electron chi connectivity index (χ0n) is 19.8. The Morgan fingerprint density at radius 2 is 1.97 bits per heavy atom. The first kappa shape index (κ1) is 23.6. The summed E-state index contributed by atoms with van der Waals surface area (Å²) in [7, 11) is 1.63. The Bertz CT molecular complexity index is 1220. The first-order valence-electron chi connectivity index (χ1n) is 11.2. The highest BCUT2D eigenvalue weighted by molar-refractivity contribution is 7.09. The van der Waals surface area contributed by atoms with Crippen molar-refractivity contribution < 1.29 is 18.7 Å². The fraction of sp³-hybridized carbons (Fsp3) is 0.308. The number of carbonyl (C=O) groups excluding carboxylic acids is 1. The Kier molecular flexibility index (Phi) is 7.37. The van der Waals surface area contributed by atoms with Gasteiger partial charge in [0.25, 0.3) is 5.91 Å². The summed E-state index contributed by atoms with van der Waals surface area (Å²) in [6, 6.07) is 13.2. The molecule has 3 heterocycles. The molecule has 0 saturated heterocycles. The van der Waals surface area contributed by atoms with Crippen LogP contribution in [0.3, 0.4) is 0 Å². The number of methoxy groups -OCH3 is 1. The van der Waals surface area contributed by atoms with Crippen molar-refractivity contribution in [1.29, 1.82) is 0 Å². The molecule has 0 bridgehead atoms. The van der Waals surface area contributed by atoms with Gasteiger partial charge in [0.05, 0.1) is 36.9 Å². The number of amides is 1. The van der Waals surface area contributed by atoms with Gasteiger partial charge in [-0.1, -0.05) is 13.8 Å². The number of benzene rings is 1. The monoisotopic (exact) mass is 479 g/mol. The van der Waals surface area contributed by atoms with Gasteiger partial charge in [0, 0.05) is 17.6 Å². The number of furan rings is 1. The molecule has 8 heteroatoms. The number of hydrogen-bond donors (Lipinski definition) is 1. The Hall–Kier alpha value is -3.52. The van der Waals surface area contributed by atoms with Crippen LogP contribution in [0.1, 0.15) is 40.7 Å². The van der Waals surface area contributed by atoms with Gasteiger partial charge in [-0.05, 0) is 55.3 Å². The highest BCUT2D eigenvalue weighted by Gasteiger charge is 2.21. The van der Waals surface area contributed by atoms with Gasteiger partial charge in [-0.15, -0.1) is 11.3 Å². The molecule has 4 aromatic rings. The maximum absolute atomic E-state index is 12.9. The number of nitrogens with one attached hydrogen (secondary N) is 1. The van der Waals surface area contributed by atoms with E-state index in [-0.39, 0.29) is 5.91 Å². The zero-order valence-corrected chi connectivity index (χ0v) is 20.6. The highest BCUT2D eigenvalue weighted by atomic mass is 32.1. The molecule has 0 aliphatic carbocycles. The van der Waals surface area contributed by atoms with Gasteiger partial charge in [-0.2, -0.15) is 0 Å². The molecular weight excluding hydrogens is 450 g/mol. The smallest absolute Gasteiger partial charge is 0.253 e. The second-order valence-corrected chi connectivity index (χ2v) is 9.33. The van der Waals surface area contributed by atoms with Crippen molar-refractivity contribution in [2.24, 2.45) is 5.92 Å². The van der Waals surface area contributed by atoms with Gasteiger partial charge in [0.15, 0.2) is 0 Å². The summed E-state index contributed by atoms with van der Waals surface area (Å²) in [5.74, 6) is 2.64. The van der Waals surface area contributed by atoms with E-state index in [4.69, 9.17) is 18.9 Å². The van der Waals surface area contributed by atoms with Crippen molar-refractivity contribution in [3.8, 4) is 22.9 Å². The molecule has 1 N–H and O–H groups in total. The molecule has 1 aromatic carbocycles. The van der Waals surface area contributed by atoms with Crippen LogP contribution in [0.15, 0.2) is 58.5 Å². The van der Waals surface area contributed by atoms with Gasteiger partial charge < -0.3 is 23.8 Å². The second kappa shape index (κ2) is 10.6. The van der Waals surface area contributed by atoms with E-state index in [9.17, 15) is 4.79 Å². The van der Waals surface area contributed by atoms with Crippen LogP contribution in [0.2, 0.25) is 0 Å². The fourth-order valence-electron chi connectivity index (χ4n) is 3.55. The molecule has 178 valence electrons. The number of nitrogens with zero attached hydrogens (tertiary/aromatic N) is 2. The maximum atomic E-state index is 12.9. The summed E-state index contributed by atoms with van der Waals surface area (Å²) < 4.78 is 18.7. The Labute approximate surface area is 203 Å². The van der Waals surface area contributed by atoms with Crippen molar-refractivity contribution in [1.82, 2.24) is 14.9 Å². The predicted octanol–water partition coefficient (Wildman–Crippen LogP) is 5.53. The molecular formula is C26H29N3O4S. The molecule has 0 aliphatic heterocycles. The van der Waals surface area contributed by atoms with Crippen molar-refractivity contribution in [3.63, 3.8) is 0 Å². The minimum Gasteiger partial charge on any atom is -0.497 e. The number of carbonyl (C=O) groups is 1. The van der Waals surface area contributed by atoms with Crippen LogP contribution in [-0.2, 0) is 13.2 Å². The number of aromatic nitrogens is 2. The highest BCUT2D eigenvalue weighted by Crippen LogP contribution is 2.29. The molecule has 0 aliphatic rings. The molecule has 0 unspecified atom stereocenters. The van der Waals surface area contributed by atoms with Crippen molar-refractivity contribution in [3.05, 3.63) is 76.1 Å². The average molecular weight is 480 g/mol. The predicted molar refractivity (Wildman–Crippen MR) is 133 cm³/mol. The van der Waals surface area contributed by atoms with E-state index in [0.29, 0.717) is 31.2 Å². The summed E-state index contributed by atoms with van der Waals surface area (Å²) in [6.07, 6.45) is 1.65. The van der Waals surface area contributed by atoms with Gasteiger partial charge in [-0.25, -0.2) is 4.98 Å². The van der Waals surface area contributed by atoms with E-state index >= 15 is 0 Å². The third kappa shape index (κ3) is 5.51. The van der Waals surface area contributed by atoms with Crippen LogP contribution in [0, 0.1) is 12.8 Å². The van der Waals surface area contributed by atoms with Gasteiger partial charge in [-0.3, -0.25) is 4.79 Å². The quantitative estimate of drug-likeness (QED) is 0.323. The van der Waals surface area contributed by atoms with Crippen LogP contribution in [-0.4, -0.2) is 29.1 Å². The fourth-order valence-corrected chi connectivity index (χ4v) is 4.25. The van der Waals surface area contributed by atoms with E-state index < -0.39 is 0 Å². The van der Waals surface area contributed by atoms with Crippen LogP contribution >= 0.6 is 11.3 Å². The summed E-state index contributed by atoms with van der Waals surface area (Å²) in [5, 5.41) is 5.86. The van der Waals surface area contributed by atoms with E-state index in [1.54, 1.807) is 13.4 Å². The van der Waals surface area contributed by atoms with Crippen molar-refractivity contribution in [2.75, 3.05) is 13.7 Å². The van der Waals surface area contributed by atoms with E-state index in [2.05, 4.69) is 23.7 Å². The van der Waals surface area contributed by atoms with Gasteiger partial charge in [0.1, 0.15) is 28.9 Å². The van der Waals surface area contributed by atoms with Crippen LogP contribution in [0.4, 0.5) is 0 Å². The molecule has 0 saturated carbocycles. The minimum atomic E-state index is -0.0797. The Morgan fingerprint density at radius 3 is 2.65 bits per heavy atom. The number of thiazole rings is 1. The van der Waals surface area contributed by atoms with Crippen LogP contribution in [0.25, 0.3) is 11.4 Å². The maximum Gasteiger partial charge on any atom is 0.253 e. The standard InChI is InChI=1S/C26H29N3O4S/c1-17(2)13-27-26(30)22-12-24(29(18(22)3)14-21-6-5-11-32-21)23-16-34-25(28-23)15-33-20-9-7-19(31-4)8-10-20/h5-12,16-17H,13-15H2,1-4H3,(H,27,30). The lowest BCUT2D eigenvalue weighted by Crippen LogP contribution is -2.27. The Morgan fingerprint density at radius 1 is 1.21 bits per heavy atom. The topological polar surface area (TPSA) is 78.5 Å². The first-order valence-corrected chi connectivity index (χ1v) is 12.0. The Balaban J connectivity index is 1.57. The molecule has 7 nitrogen and oxygen atoms in total. The lowest BCUT2D eigenvalue weighted by atomic mass is 10.2. The van der Waals surface area contributed by atoms with Crippen LogP contribution in [0.5, 0.6) is 11.5 Å². The van der Waals surface area contributed by atoms with E-state index in [0.717, 1.165) is 39.3 Å². The molecule has 0 radical (unpaired) electrons. The molecule has 0 fully saturated rings. The molecule has 1 amide bonds. The van der Waals surface area contributed by atoms with E-state index in [1.807, 2.05) is 54.8 Å². The third-order valence-corrected chi connectivity index (χ3v) is 6.23. The molecule has 3 aromatic heterocycles. The number of hydrogen-bond acceptors (Lipinski definition) is 6. The van der Waals surface area contributed by atoms with Gasteiger partial charge >= 0.3 is 0 Å². The normalized spacial score (nSPS) is 11.1. The number of ether oxygens (including phenoxy) is 2. The molecule has 4 rings (SSSR count). The number of rotatable bonds is 10.